The number of methoxy groups -OCH3 is 2. The Morgan fingerprint density at radius 1 is 0.909 bits per heavy atom. The molecule has 8 nitrogen and oxygen atoms in total. The van der Waals surface area contributed by atoms with E-state index in [9.17, 15) is 5.11 Å². The van der Waals surface area contributed by atoms with Crippen LogP contribution in [0.25, 0.3) is 0 Å². The molecule has 3 N–H and O–H groups in total. The van der Waals surface area contributed by atoms with Crippen LogP contribution in [0.3, 0.4) is 0 Å². The molecule has 8 heteroatoms. The Balaban J connectivity index is 1.56. The van der Waals surface area contributed by atoms with E-state index in [1.54, 1.807) is 0 Å². The number of fused-ring (bicyclic) bond motifs is 2. The number of para-hydroxylation sites is 1. The molecular formula is C25H26N2O6. The van der Waals surface area contributed by atoms with Crippen LogP contribution in [-0.2, 0) is 0 Å². The number of phenols is 1. The highest BCUT2D eigenvalue weighted by Gasteiger charge is 2.39. The largest absolute Gasteiger partial charge is 0.502 e. The van der Waals surface area contributed by atoms with Crippen molar-refractivity contribution in [3.63, 3.8) is 0 Å². The topological polar surface area (TPSA) is 90.4 Å². The third kappa shape index (κ3) is 3.82. The van der Waals surface area contributed by atoms with E-state index in [0.29, 0.717) is 28.7 Å². The summed E-state index contributed by atoms with van der Waals surface area (Å²) in [4.78, 5) is 0. The molecule has 5 rings (SSSR count). The van der Waals surface area contributed by atoms with Gasteiger partial charge in [0.1, 0.15) is 5.75 Å². The van der Waals surface area contributed by atoms with Gasteiger partial charge in [0.15, 0.2) is 29.2 Å². The number of hydrazine groups is 1. The van der Waals surface area contributed by atoms with Gasteiger partial charge in [-0.05, 0) is 35.9 Å². The summed E-state index contributed by atoms with van der Waals surface area (Å²) in [6.07, 6.45) is -0.367. The monoisotopic (exact) mass is 450 g/mol. The number of hydrogen-bond donors (Lipinski definition) is 3. The van der Waals surface area contributed by atoms with Crippen molar-refractivity contribution in [3.05, 3.63) is 65.7 Å². The van der Waals surface area contributed by atoms with Crippen LogP contribution in [0.1, 0.15) is 24.0 Å². The number of aromatic hydroxyl groups is 1. The zero-order valence-corrected chi connectivity index (χ0v) is 18.6. The molecule has 0 aromatic heterocycles. The van der Waals surface area contributed by atoms with E-state index in [0.717, 1.165) is 16.8 Å². The summed E-state index contributed by atoms with van der Waals surface area (Å²) in [6, 6.07) is 17.3. The summed E-state index contributed by atoms with van der Waals surface area (Å²) in [6.45, 7) is 2.28. The molecule has 2 aliphatic heterocycles. The number of nitrogens with one attached hydrogen (secondary N) is 2. The highest BCUT2D eigenvalue weighted by molar-refractivity contribution is 5.59. The second-order valence-electron chi connectivity index (χ2n) is 8.03. The smallest absolute Gasteiger partial charge is 0.231 e. The van der Waals surface area contributed by atoms with E-state index in [1.807, 2.05) is 54.6 Å². The standard InChI is InChI=1S/C25H26N2O6/c1-14-23(15-9-21(29-2)24(28)22(10-15)30-3)17-11-19-20(32-13-31-19)12-18(17)33-25(14)27-26-16-7-5-4-6-8-16/h4-12,14,23,25-28H,13H2,1-3H3/t14-,23+,25-/m0/s1. The third-order valence-electron chi connectivity index (χ3n) is 6.09. The van der Waals surface area contributed by atoms with Crippen molar-refractivity contribution in [2.45, 2.75) is 19.1 Å². The second kappa shape index (κ2) is 8.63. The maximum atomic E-state index is 10.4. The Bertz CT molecular complexity index is 1130. The molecule has 3 atom stereocenters. The summed E-state index contributed by atoms with van der Waals surface area (Å²) in [5, 5.41) is 10.4. The molecule has 0 saturated heterocycles. The van der Waals surface area contributed by atoms with Crippen molar-refractivity contribution in [1.82, 2.24) is 5.43 Å². The Hall–Kier alpha value is -3.78. The Labute approximate surface area is 192 Å². The molecule has 0 spiro atoms. The molecule has 2 heterocycles. The molecule has 0 saturated carbocycles. The first kappa shape index (κ1) is 21.1. The van der Waals surface area contributed by atoms with Crippen LogP contribution in [0, 0.1) is 5.92 Å². The first-order valence-electron chi connectivity index (χ1n) is 10.7. The van der Waals surface area contributed by atoms with Gasteiger partial charge in [0, 0.05) is 29.2 Å². The van der Waals surface area contributed by atoms with Crippen molar-refractivity contribution >= 4 is 5.69 Å². The summed E-state index contributed by atoms with van der Waals surface area (Å²) < 4.78 is 28.4. The molecule has 0 radical (unpaired) electrons. The predicted molar refractivity (Wildman–Crippen MR) is 122 cm³/mol. The van der Waals surface area contributed by atoms with Gasteiger partial charge in [-0.15, -0.1) is 0 Å². The Morgan fingerprint density at radius 2 is 1.58 bits per heavy atom. The minimum absolute atomic E-state index is 0.0203. The van der Waals surface area contributed by atoms with Gasteiger partial charge in [-0.1, -0.05) is 25.1 Å². The molecule has 172 valence electrons. The van der Waals surface area contributed by atoms with E-state index in [2.05, 4.69) is 17.8 Å². The summed E-state index contributed by atoms with van der Waals surface area (Å²) in [5.41, 5.74) is 9.35. The van der Waals surface area contributed by atoms with Crippen LogP contribution >= 0.6 is 0 Å². The fourth-order valence-corrected chi connectivity index (χ4v) is 4.40. The van der Waals surface area contributed by atoms with Gasteiger partial charge in [0.25, 0.3) is 0 Å². The molecule has 0 unspecified atom stereocenters. The third-order valence-corrected chi connectivity index (χ3v) is 6.09. The molecule has 0 bridgehead atoms. The molecule has 3 aromatic rings. The molecule has 0 amide bonds. The van der Waals surface area contributed by atoms with E-state index in [-0.39, 0.29) is 30.6 Å². The fraction of sp³-hybridized carbons (Fsp3) is 0.280. The van der Waals surface area contributed by atoms with E-state index in [1.165, 1.54) is 14.2 Å². The average Bonchev–Trinajstić information content (AvgIpc) is 3.30. The molecule has 33 heavy (non-hydrogen) atoms. The van der Waals surface area contributed by atoms with Crippen LogP contribution < -0.4 is 34.5 Å². The highest BCUT2D eigenvalue weighted by Crippen LogP contribution is 2.51. The average molecular weight is 450 g/mol. The number of rotatable bonds is 6. The van der Waals surface area contributed by atoms with Crippen molar-refractivity contribution in [1.29, 1.82) is 0 Å². The molecule has 2 aliphatic rings. The zero-order valence-electron chi connectivity index (χ0n) is 18.6. The fourth-order valence-electron chi connectivity index (χ4n) is 4.40. The van der Waals surface area contributed by atoms with Crippen molar-refractivity contribution in [2.75, 3.05) is 26.4 Å². The second-order valence-corrected chi connectivity index (χ2v) is 8.03. The summed E-state index contributed by atoms with van der Waals surface area (Å²) in [5.74, 6) is 2.55. The van der Waals surface area contributed by atoms with Crippen molar-refractivity contribution in [2.24, 2.45) is 5.92 Å². The molecule has 0 aliphatic carbocycles. The van der Waals surface area contributed by atoms with Gasteiger partial charge in [-0.2, -0.15) is 5.43 Å². The number of hydrogen-bond acceptors (Lipinski definition) is 8. The Kier molecular flexibility index (Phi) is 5.51. The maximum Gasteiger partial charge on any atom is 0.231 e. The minimum Gasteiger partial charge on any atom is -0.502 e. The SMILES string of the molecule is COc1cc([C@@H]2c3cc4c(cc3O[C@H](NNc3ccccc3)[C@H]2C)OCO4)cc(OC)c1O. The summed E-state index contributed by atoms with van der Waals surface area (Å²) >= 11 is 0. The number of benzene rings is 3. The van der Waals surface area contributed by atoms with E-state index in [4.69, 9.17) is 23.7 Å². The van der Waals surface area contributed by atoms with Crippen LogP contribution in [0.2, 0.25) is 0 Å². The summed E-state index contributed by atoms with van der Waals surface area (Å²) in [7, 11) is 3.04. The lowest BCUT2D eigenvalue weighted by atomic mass is 9.78. The number of ether oxygens (including phenoxy) is 5. The number of anilines is 1. The van der Waals surface area contributed by atoms with Crippen LogP contribution in [0.4, 0.5) is 5.69 Å². The van der Waals surface area contributed by atoms with Gasteiger partial charge in [0.05, 0.1) is 14.2 Å². The van der Waals surface area contributed by atoms with Gasteiger partial charge < -0.3 is 34.2 Å². The number of phenolic OH excluding ortho intramolecular Hbond substituents is 1. The first-order valence-corrected chi connectivity index (χ1v) is 10.7. The van der Waals surface area contributed by atoms with Crippen molar-refractivity contribution < 1.29 is 28.8 Å². The molecular weight excluding hydrogens is 424 g/mol. The zero-order chi connectivity index (χ0) is 22.9. The van der Waals surface area contributed by atoms with Crippen LogP contribution in [0.15, 0.2) is 54.6 Å². The lowest BCUT2D eigenvalue weighted by molar-refractivity contribution is 0.0862. The van der Waals surface area contributed by atoms with Gasteiger partial charge in [0.2, 0.25) is 12.5 Å². The van der Waals surface area contributed by atoms with E-state index < -0.39 is 0 Å². The lowest BCUT2D eigenvalue weighted by Crippen LogP contribution is -2.47. The highest BCUT2D eigenvalue weighted by atomic mass is 16.7. The van der Waals surface area contributed by atoms with Crippen LogP contribution in [-0.4, -0.2) is 32.3 Å². The normalized spacial score (nSPS) is 20.5. The lowest BCUT2D eigenvalue weighted by Gasteiger charge is -2.39. The Morgan fingerprint density at radius 3 is 2.24 bits per heavy atom. The predicted octanol–water partition coefficient (Wildman–Crippen LogP) is 4.24. The van der Waals surface area contributed by atoms with E-state index >= 15 is 0 Å². The molecule has 0 fully saturated rings. The van der Waals surface area contributed by atoms with Crippen LogP contribution in [0.5, 0.6) is 34.5 Å². The van der Waals surface area contributed by atoms with Gasteiger partial charge in [-0.25, -0.2) is 0 Å². The minimum atomic E-state index is -0.367. The van der Waals surface area contributed by atoms with Gasteiger partial charge in [-0.3, -0.25) is 0 Å². The first-order chi connectivity index (χ1) is 16.1. The van der Waals surface area contributed by atoms with Gasteiger partial charge >= 0.3 is 0 Å². The quantitative estimate of drug-likeness (QED) is 0.481. The molecule has 3 aromatic carbocycles. The maximum absolute atomic E-state index is 10.4. The van der Waals surface area contributed by atoms with Crippen molar-refractivity contribution in [3.8, 4) is 34.5 Å².